The van der Waals surface area contributed by atoms with E-state index in [9.17, 15) is 13.6 Å². The molecule has 0 saturated carbocycles. The van der Waals surface area contributed by atoms with Gasteiger partial charge in [-0.2, -0.15) is 5.10 Å². The highest BCUT2D eigenvalue weighted by molar-refractivity contribution is 7.13. The lowest BCUT2D eigenvalue weighted by Gasteiger charge is -2.32. The molecular weight excluding hydrogens is 384 g/mol. The minimum Gasteiger partial charge on any atom is -0.359 e. The van der Waals surface area contributed by atoms with Crippen LogP contribution in [0, 0.1) is 5.92 Å². The maximum atomic E-state index is 13.6. The van der Waals surface area contributed by atoms with Crippen molar-refractivity contribution in [2.24, 2.45) is 5.92 Å². The first-order valence-electron chi connectivity index (χ1n) is 9.73. The lowest BCUT2D eigenvalue weighted by Crippen LogP contribution is -2.42. The van der Waals surface area contributed by atoms with Crippen LogP contribution in [0.5, 0.6) is 0 Å². The SMILES string of the molecule is CCc1csc(NC2CCN(C(=O)c3cnn(CC(C)C)c3C(F)F)CC2)n1. The molecule has 154 valence electrons. The molecule has 9 heteroatoms. The van der Waals surface area contributed by atoms with Crippen LogP contribution in [0.4, 0.5) is 13.9 Å². The molecule has 1 N–H and O–H groups in total. The molecule has 0 aliphatic carbocycles. The summed E-state index contributed by atoms with van der Waals surface area (Å²) in [6.45, 7) is 7.36. The molecular formula is C19H27F2N5OS. The molecule has 1 aliphatic heterocycles. The van der Waals surface area contributed by atoms with Gasteiger partial charge < -0.3 is 10.2 Å². The van der Waals surface area contributed by atoms with Gasteiger partial charge in [0.1, 0.15) is 5.69 Å². The maximum Gasteiger partial charge on any atom is 0.280 e. The molecule has 0 spiro atoms. The first-order valence-corrected chi connectivity index (χ1v) is 10.6. The Balaban J connectivity index is 1.62. The van der Waals surface area contributed by atoms with Crippen LogP contribution in [0.2, 0.25) is 0 Å². The van der Waals surface area contributed by atoms with E-state index >= 15 is 0 Å². The highest BCUT2D eigenvalue weighted by atomic mass is 32.1. The van der Waals surface area contributed by atoms with E-state index < -0.39 is 6.43 Å². The Morgan fingerprint density at radius 2 is 2.07 bits per heavy atom. The largest absolute Gasteiger partial charge is 0.359 e. The molecule has 3 rings (SSSR count). The van der Waals surface area contributed by atoms with Crippen LogP contribution in [-0.2, 0) is 13.0 Å². The fourth-order valence-electron chi connectivity index (χ4n) is 3.39. The van der Waals surface area contributed by atoms with Crippen LogP contribution in [0.1, 0.15) is 61.8 Å². The van der Waals surface area contributed by atoms with Gasteiger partial charge in [0.2, 0.25) is 0 Å². The number of hydrogen-bond acceptors (Lipinski definition) is 5. The van der Waals surface area contributed by atoms with Crippen molar-refractivity contribution < 1.29 is 13.6 Å². The number of aryl methyl sites for hydroxylation is 1. The van der Waals surface area contributed by atoms with Gasteiger partial charge in [0, 0.05) is 31.1 Å². The van der Waals surface area contributed by atoms with Gasteiger partial charge in [0.25, 0.3) is 12.3 Å². The van der Waals surface area contributed by atoms with Crippen LogP contribution < -0.4 is 5.32 Å². The standard InChI is InChI=1S/C19H27F2N5OS/c1-4-13-11-28-19(23-13)24-14-5-7-25(8-6-14)18(27)15-9-22-26(10-12(2)3)16(15)17(20)21/h9,11-12,14,17H,4-8,10H2,1-3H3,(H,23,24). The van der Waals surface area contributed by atoms with E-state index in [0.717, 1.165) is 30.1 Å². The number of anilines is 1. The van der Waals surface area contributed by atoms with Crippen molar-refractivity contribution in [2.45, 2.75) is 59.0 Å². The predicted octanol–water partition coefficient (Wildman–Crippen LogP) is 4.21. The molecule has 1 saturated heterocycles. The first kappa shape index (κ1) is 20.7. The molecule has 0 unspecified atom stereocenters. The molecule has 2 aromatic heterocycles. The summed E-state index contributed by atoms with van der Waals surface area (Å²) in [6.07, 6.45) is 0.992. The lowest BCUT2D eigenvalue weighted by atomic mass is 10.0. The molecule has 0 radical (unpaired) electrons. The fraction of sp³-hybridized carbons (Fsp3) is 0.632. The number of carbonyl (C=O) groups is 1. The van der Waals surface area contributed by atoms with Gasteiger partial charge in [0.05, 0.1) is 17.5 Å². The summed E-state index contributed by atoms with van der Waals surface area (Å²) in [5.41, 5.74) is 0.821. The number of thiazole rings is 1. The van der Waals surface area contributed by atoms with Crippen molar-refractivity contribution in [1.82, 2.24) is 19.7 Å². The normalized spacial score (nSPS) is 15.6. The van der Waals surface area contributed by atoms with E-state index in [1.807, 2.05) is 19.2 Å². The summed E-state index contributed by atoms with van der Waals surface area (Å²) < 4.78 is 28.4. The number of amides is 1. The topological polar surface area (TPSA) is 63.1 Å². The minimum absolute atomic E-state index is 0.0228. The Hall–Kier alpha value is -2.03. The van der Waals surface area contributed by atoms with Crippen molar-refractivity contribution >= 4 is 22.4 Å². The number of nitrogens with zero attached hydrogens (tertiary/aromatic N) is 4. The third-order valence-corrected chi connectivity index (χ3v) is 5.70. The zero-order chi connectivity index (χ0) is 20.3. The second kappa shape index (κ2) is 8.98. The van der Waals surface area contributed by atoms with Gasteiger partial charge in [-0.1, -0.05) is 20.8 Å². The molecule has 1 fully saturated rings. The maximum absolute atomic E-state index is 13.6. The van der Waals surface area contributed by atoms with Gasteiger partial charge in [-0.05, 0) is 25.2 Å². The average molecular weight is 412 g/mol. The van der Waals surface area contributed by atoms with Gasteiger partial charge in [-0.25, -0.2) is 13.8 Å². The number of likely N-dealkylation sites (tertiary alicyclic amines) is 1. The number of hydrogen-bond donors (Lipinski definition) is 1. The summed E-state index contributed by atoms with van der Waals surface area (Å²) >= 11 is 1.59. The van der Waals surface area contributed by atoms with Gasteiger partial charge in [-0.15, -0.1) is 11.3 Å². The molecule has 1 amide bonds. The van der Waals surface area contributed by atoms with Crippen molar-refractivity contribution in [3.63, 3.8) is 0 Å². The molecule has 0 atom stereocenters. The Kier molecular flexibility index (Phi) is 6.64. The highest BCUT2D eigenvalue weighted by Crippen LogP contribution is 2.27. The minimum atomic E-state index is -2.72. The summed E-state index contributed by atoms with van der Waals surface area (Å²) in [7, 11) is 0. The van der Waals surface area contributed by atoms with Crippen LogP contribution in [0.25, 0.3) is 0 Å². The van der Waals surface area contributed by atoms with E-state index in [4.69, 9.17) is 0 Å². The first-order chi connectivity index (χ1) is 13.4. The van der Waals surface area contributed by atoms with Crippen LogP contribution in [0.15, 0.2) is 11.6 Å². The number of rotatable bonds is 7. The third-order valence-electron chi connectivity index (χ3n) is 4.88. The number of nitrogens with one attached hydrogen (secondary N) is 1. The summed E-state index contributed by atoms with van der Waals surface area (Å²) in [5, 5.41) is 10.4. The number of halogens is 2. The highest BCUT2D eigenvalue weighted by Gasteiger charge is 2.30. The van der Waals surface area contributed by atoms with Crippen LogP contribution in [0.3, 0.4) is 0 Å². The molecule has 28 heavy (non-hydrogen) atoms. The monoisotopic (exact) mass is 411 g/mol. The molecule has 0 bridgehead atoms. The molecule has 3 heterocycles. The van der Waals surface area contributed by atoms with Gasteiger partial charge in [-0.3, -0.25) is 9.48 Å². The average Bonchev–Trinajstić information content (AvgIpc) is 3.28. The Morgan fingerprint density at radius 1 is 1.36 bits per heavy atom. The number of piperidine rings is 1. The summed E-state index contributed by atoms with van der Waals surface area (Å²) in [6, 6.07) is 0.234. The quantitative estimate of drug-likeness (QED) is 0.741. The smallest absolute Gasteiger partial charge is 0.280 e. The van der Waals surface area contributed by atoms with Gasteiger partial charge >= 0.3 is 0 Å². The molecule has 2 aromatic rings. The number of carbonyl (C=O) groups excluding carboxylic acids is 1. The number of alkyl halides is 2. The molecule has 6 nitrogen and oxygen atoms in total. The zero-order valence-corrected chi connectivity index (χ0v) is 17.3. The van der Waals surface area contributed by atoms with E-state index in [1.54, 1.807) is 16.2 Å². The Morgan fingerprint density at radius 3 is 2.64 bits per heavy atom. The zero-order valence-electron chi connectivity index (χ0n) is 16.5. The van der Waals surface area contributed by atoms with Crippen LogP contribution in [-0.4, -0.2) is 44.7 Å². The Labute approximate surface area is 167 Å². The van der Waals surface area contributed by atoms with Gasteiger partial charge in [0.15, 0.2) is 5.13 Å². The van der Waals surface area contributed by atoms with E-state index in [0.29, 0.717) is 19.6 Å². The third kappa shape index (κ3) is 4.68. The van der Waals surface area contributed by atoms with Crippen molar-refractivity contribution in [3.05, 3.63) is 28.5 Å². The number of aromatic nitrogens is 3. The van der Waals surface area contributed by atoms with E-state index in [1.165, 1.54) is 10.9 Å². The summed E-state index contributed by atoms with van der Waals surface area (Å²) in [4.78, 5) is 19.0. The predicted molar refractivity (Wildman–Crippen MR) is 106 cm³/mol. The van der Waals surface area contributed by atoms with Crippen molar-refractivity contribution in [1.29, 1.82) is 0 Å². The Bertz CT molecular complexity index is 796. The van der Waals surface area contributed by atoms with Crippen LogP contribution >= 0.6 is 11.3 Å². The lowest BCUT2D eigenvalue weighted by molar-refractivity contribution is 0.0704. The van der Waals surface area contributed by atoms with Crippen molar-refractivity contribution in [3.8, 4) is 0 Å². The fourth-order valence-corrected chi connectivity index (χ4v) is 4.26. The summed E-state index contributed by atoms with van der Waals surface area (Å²) in [5.74, 6) is -0.187. The molecule has 1 aliphatic rings. The van der Waals surface area contributed by atoms with E-state index in [2.05, 4.69) is 22.3 Å². The van der Waals surface area contributed by atoms with E-state index in [-0.39, 0.29) is 29.1 Å². The second-order valence-electron chi connectivity index (χ2n) is 7.53. The second-order valence-corrected chi connectivity index (χ2v) is 8.39. The van der Waals surface area contributed by atoms with Crippen molar-refractivity contribution in [2.75, 3.05) is 18.4 Å². The molecule has 0 aromatic carbocycles.